The van der Waals surface area contributed by atoms with Crippen molar-refractivity contribution in [1.82, 2.24) is 5.32 Å². The van der Waals surface area contributed by atoms with Gasteiger partial charge in [-0.15, -0.1) is 0 Å². The number of rotatable bonds is 5. The Labute approximate surface area is 177 Å². The summed E-state index contributed by atoms with van der Waals surface area (Å²) in [6.45, 7) is 2.46. The molecule has 0 aromatic heterocycles. The third-order valence-electron chi connectivity index (χ3n) is 5.20. The molecule has 0 spiro atoms. The number of halogens is 1. The van der Waals surface area contributed by atoms with E-state index in [0.29, 0.717) is 37.7 Å². The Balaban J connectivity index is 1.37. The van der Waals surface area contributed by atoms with E-state index in [4.69, 9.17) is 9.47 Å². The van der Waals surface area contributed by atoms with E-state index in [2.05, 4.69) is 5.32 Å². The van der Waals surface area contributed by atoms with Crippen LogP contribution in [0, 0.1) is 5.82 Å². The number of anilines is 2. The van der Waals surface area contributed by atoms with Crippen LogP contribution in [0.25, 0.3) is 0 Å². The molecular formula is C21H22FN3O6. The zero-order chi connectivity index (χ0) is 22.0. The predicted molar refractivity (Wildman–Crippen MR) is 109 cm³/mol. The van der Waals surface area contributed by atoms with E-state index < -0.39 is 29.7 Å². The molecule has 3 N–H and O–H groups in total. The fourth-order valence-electron chi connectivity index (χ4n) is 3.54. The molecule has 2 fully saturated rings. The normalized spacial score (nSPS) is 18.7. The zero-order valence-electron chi connectivity index (χ0n) is 16.6. The Morgan fingerprint density at radius 1 is 1.13 bits per heavy atom. The van der Waals surface area contributed by atoms with E-state index in [-0.39, 0.29) is 24.4 Å². The number of carbonyl (C=O) groups is 2. The van der Waals surface area contributed by atoms with Crippen molar-refractivity contribution in [2.24, 2.45) is 0 Å². The number of aromatic hydroxyl groups is 2. The number of nitrogens with one attached hydrogen (secondary N) is 1. The molecule has 2 amide bonds. The van der Waals surface area contributed by atoms with Gasteiger partial charge in [0.25, 0.3) is 5.91 Å². The number of morpholine rings is 1. The number of benzene rings is 2. The van der Waals surface area contributed by atoms with Crippen LogP contribution < -0.4 is 15.1 Å². The lowest BCUT2D eigenvalue weighted by Crippen LogP contribution is -2.37. The van der Waals surface area contributed by atoms with Gasteiger partial charge in [0.15, 0.2) is 11.5 Å². The molecule has 2 aromatic carbocycles. The summed E-state index contributed by atoms with van der Waals surface area (Å²) in [5, 5.41) is 21.4. The van der Waals surface area contributed by atoms with E-state index in [0.717, 1.165) is 6.07 Å². The van der Waals surface area contributed by atoms with Gasteiger partial charge in [-0.3, -0.25) is 9.69 Å². The highest BCUT2D eigenvalue weighted by Crippen LogP contribution is 2.28. The van der Waals surface area contributed by atoms with Crippen LogP contribution >= 0.6 is 0 Å². The van der Waals surface area contributed by atoms with Crippen molar-refractivity contribution in [2.75, 3.05) is 49.2 Å². The lowest BCUT2D eigenvalue weighted by Gasteiger charge is -2.29. The molecule has 2 aliphatic heterocycles. The Bertz CT molecular complexity index is 995. The second-order valence-corrected chi connectivity index (χ2v) is 7.27. The summed E-state index contributed by atoms with van der Waals surface area (Å²) in [5.41, 5.74) is 0.981. The highest BCUT2D eigenvalue weighted by atomic mass is 19.1. The summed E-state index contributed by atoms with van der Waals surface area (Å²) >= 11 is 0. The molecule has 4 rings (SSSR count). The first-order valence-corrected chi connectivity index (χ1v) is 9.83. The maximum atomic E-state index is 14.7. The van der Waals surface area contributed by atoms with Crippen LogP contribution in [0.1, 0.15) is 10.4 Å². The molecule has 0 aliphatic carbocycles. The van der Waals surface area contributed by atoms with Gasteiger partial charge >= 0.3 is 6.09 Å². The summed E-state index contributed by atoms with van der Waals surface area (Å²) in [4.78, 5) is 27.7. The highest BCUT2D eigenvalue weighted by molar-refractivity contribution is 5.95. The van der Waals surface area contributed by atoms with Gasteiger partial charge in [-0.05, 0) is 36.4 Å². The van der Waals surface area contributed by atoms with Crippen molar-refractivity contribution in [1.29, 1.82) is 0 Å². The molecule has 164 valence electrons. The highest BCUT2D eigenvalue weighted by Gasteiger charge is 2.33. The minimum atomic E-state index is -0.625. The van der Waals surface area contributed by atoms with Crippen molar-refractivity contribution in [3.8, 4) is 11.5 Å². The summed E-state index contributed by atoms with van der Waals surface area (Å²) in [6.07, 6.45) is -1.25. The maximum Gasteiger partial charge on any atom is 0.414 e. The van der Waals surface area contributed by atoms with Gasteiger partial charge in [-0.25, -0.2) is 9.18 Å². The number of nitrogens with zero attached hydrogens (tertiary/aromatic N) is 2. The topological polar surface area (TPSA) is 112 Å². The molecule has 2 saturated heterocycles. The third kappa shape index (κ3) is 4.48. The SMILES string of the molecule is O=C(NCC1CN(c2ccc(N3CCOCC3)c(F)c2)C(=O)O1)c1ccc(O)c(O)c1. The average Bonchev–Trinajstić information content (AvgIpc) is 3.15. The first-order chi connectivity index (χ1) is 14.9. The number of phenols is 2. The standard InChI is InChI=1S/C21H22FN3O6/c22-16-10-14(2-3-17(16)24-5-7-30-8-6-24)25-12-15(31-21(25)29)11-23-20(28)13-1-4-18(26)19(27)9-13/h1-4,9-10,15,26-27H,5-8,11-12H2,(H,23,28). The van der Waals surface area contributed by atoms with Crippen LogP contribution in [-0.4, -0.2) is 67.7 Å². The monoisotopic (exact) mass is 431 g/mol. The van der Waals surface area contributed by atoms with Gasteiger partial charge in [0, 0.05) is 18.7 Å². The molecule has 1 atom stereocenters. The van der Waals surface area contributed by atoms with E-state index in [1.165, 1.54) is 23.1 Å². The van der Waals surface area contributed by atoms with Crippen LogP contribution in [0.15, 0.2) is 36.4 Å². The minimum Gasteiger partial charge on any atom is -0.504 e. The van der Waals surface area contributed by atoms with Crippen molar-refractivity contribution >= 4 is 23.4 Å². The number of carbonyl (C=O) groups excluding carboxylic acids is 2. The maximum absolute atomic E-state index is 14.7. The Hall–Kier alpha value is -3.53. The number of cyclic esters (lactones) is 1. The van der Waals surface area contributed by atoms with E-state index in [9.17, 15) is 24.2 Å². The molecule has 0 radical (unpaired) electrons. The van der Waals surface area contributed by atoms with Crippen molar-refractivity contribution in [3.05, 3.63) is 47.8 Å². The number of ether oxygens (including phenoxy) is 2. The van der Waals surface area contributed by atoms with Crippen LogP contribution in [0.4, 0.5) is 20.6 Å². The number of hydrogen-bond acceptors (Lipinski definition) is 7. The van der Waals surface area contributed by atoms with Crippen LogP contribution in [0.3, 0.4) is 0 Å². The lowest BCUT2D eigenvalue weighted by atomic mass is 10.2. The van der Waals surface area contributed by atoms with E-state index in [1.807, 2.05) is 4.90 Å². The van der Waals surface area contributed by atoms with E-state index in [1.54, 1.807) is 12.1 Å². The molecule has 9 nitrogen and oxygen atoms in total. The second kappa shape index (κ2) is 8.68. The largest absolute Gasteiger partial charge is 0.504 e. The summed E-state index contributed by atoms with van der Waals surface area (Å²) in [7, 11) is 0. The van der Waals surface area contributed by atoms with Gasteiger partial charge < -0.3 is 29.9 Å². The molecule has 2 aliphatic rings. The second-order valence-electron chi connectivity index (χ2n) is 7.27. The molecule has 2 aromatic rings. The summed E-state index contributed by atoms with van der Waals surface area (Å²) < 4.78 is 25.2. The Morgan fingerprint density at radius 3 is 2.61 bits per heavy atom. The Kier molecular flexibility index (Phi) is 5.81. The van der Waals surface area contributed by atoms with Crippen molar-refractivity contribution in [2.45, 2.75) is 6.10 Å². The minimum absolute atomic E-state index is 0.0387. The number of amides is 2. The van der Waals surface area contributed by atoms with Crippen LogP contribution in [0.2, 0.25) is 0 Å². The van der Waals surface area contributed by atoms with Crippen LogP contribution in [0.5, 0.6) is 11.5 Å². The quantitative estimate of drug-likeness (QED) is 0.620. The van der Waals surface area contributed by atoms with Gasteiger partial charge in [-0.1, -0.05) is 0 Å². The summed E-state index contributed by atoms with van der Waals surface area (Å²) in [5.74, 6) is -1.67. The molecule has 1 unspecified atom stereocenters. The van der Waals surface area contributed by atoms with Crippen molar-refractivity contribution in [3.63, 3.8) is 0 Å². The molecule has 10 heteroatoms. The first kappa shape index (κ1) is 20.7. The lowest BCUT2D eigenvalue weighted by molar-refractivity contribution is 0.0915. The number of hydrogen-bond donors (Lipinski definition) is 3. The molecule has 2 heterocycles. The smallest absolute Gasteiger partial charge is 0.414 e. The Morgan fingerprint density at radius 2 is 1.90 bits per heavy atom. The van der Waals surface area contributed by atoms with Crippen molar-refractivity contribution < 1.29 is 33.7 Å². The van der Waals surface area contributed by atoms with Gasteiger partial charge in [0.2, 0.25) is 0 Å². The van der Waals surface area contributed by atoms with Crippen LogP contribution in [-0.2, 0) is 9.47 Å². The zero-order valence-corrected chi connectivity index (χ0v) is 16.6. The van der Waals surface area contributed by atoms with Gasteiger partial charge in [0.05, 0.1) is 37.7 Å². The first-order valence-electron chi connectivity index (χ1n) is 9.83. The van der Waals surface area contributed by atoms with E-state index >= 15 is 0 Å². The van der Waals surface area contributed by atoms with Gasteiger partial charge in [0.1, 0.15) is 11.9 Å². The van der Waals surface area contributed by atoms with Gasteiger partial charge in [-0.2, -0.15) is 0 Å². The third-order valence-corrected chi connectivity index (χ3v) is 5.20. The molecule has 31 heavy (non-hydrogen) atoms. The predicted octanol–water partition coefficient (Wildman–Crippen LogP) is 1.83. The molecule has 0 bridgehead atoms. The molecular weight excluding hydrogens is 409 g/mol. The fourth-order valence-corrected chi connectivity index (χ4v) is 3.54. The summed E-state index contributed by atoms with van der Waals surface area (Å²) in [6, 6.07) is 8.29. The molecule has 0 saturated carbocycles. The number of phenolic OH excluding ortho intramolecular Hbond substituents is 2. The average molecular weight is 431 g/mol. The fraction of sp³-hybridized carbons (Fsp3) is 0.333.